The van der Waals surface area contributed by atoms with Gasteiger partial charge in [-0.2, -0.15) is 4.31 Å². The molecule has 1 atom stereocenters. The number of anilines is 1. The lowest BCUT2D eigenvalue weighted by Gasteiger charge is -2.36. The third-order valence-electron chi connectivity index (χ3n) is 5.38. The number of rotatable bonds is 8. The van der Waals surface area contributed by atoms with Gasteiger partial charge in [0, 0.05) is 57.6 Å². The predicted octanol–water partition coefficient (Wildman–Crippen LogP) is 1.83. The Morgan fingerprint density at radius 2 is 1.87 bits per heavy atom. The van der Waals surface area contributed by atoms with Crippen molar-refractivity contribution in [3.8, 4) is 0 Å². The lowest BCUT2D eigenvalue weighted by Crippen LogP contribution is -2.55. The molecule has 170 valence electrons. The summed E-state index contributed by atoms with van der Waals surface area (Å²) >= 11 is 0. The van der Waals surface area contributed by atoms with Crippen molar-refractivity contribution in [2.75, 3.05) is 45.1 Å². The third-order valence-corrected chi connectivity index (χ3v) is 7.19. The van der Waals surface area contributed by atoms with Crippen LogP contribution < -0.4 is 10.6 Å². The van der Waals surface area contributed by atoms with Crippen molar-refractivity contribution < 1.29 is 12.9 Å². The summed E-state index contributed by atoms with van der Waals surface area (Å²) in [6.07, 6.45) is 1.38. The molecule has 2 heterocycles. The molecule has 2 N–H and O–H groups in total. The molecule has 2 aromatic rings. The fraction of sp³-hybridized carbons (Fsp3) is 0.524. The maximum atomic E-state index is 12.6. The monoisotopic (exact) mass is 448 g/mol. The fourth-order valence-electron chi connectivity index (χ4n) is 3.50. The Hall–Kier alpha value is -2.59. The number of piperazine rings is 1. The Balaban J connectivity index is 1.52. The maximum absolute atomic E-state index is 12.6. The average Bonchev–Trinajstić information content (AvgIpc) is 3.26. The second-order valence-electron chi connectivity index (χ2n) is 7.92. The number of para-hydroxylation sites is 1. The Morgan fingerprint density at radius 3 is 2.45 bits per heavy atom. The normalized spacial score (nSPS) is 17.0. The minimum atomic E-state index is -3.42. The molecule has 1 saturated heterocycles. The Kier molecular flexibility index (Phi) is 7.91. The van der Waals surface area contributed by atoms with E-state index in [-0.39, 0.29) is 11.8 Å². The van der Waals surface area contributed by atoms with E-state index in [2.05, 4.69) is 51.7 Å². The topological polar surface area (TPSA) is 103 Å². The quantitative estimate of drug-likeness (QED) is 0.469. The minimum Gasteiger partial charge on any atom is -0.380 e. The van der Waals surface area contributed by atoms with Crippen LogP contribution in [0.4, 0.5) is 5.69 Å². The zero-order valence-electron chi connectivity index (χ0n) is 18.4. The van der Waals surface area contributed by atoms with Crippen molar-refractivity contribution in [1.29, 1.82) is 0 Å². The van der Waals surface area contributed by atoms with Crippen LogP contribution in [0.3, 0.4) is 0 Å². The van der Waals surface area contributed by atoms with Crippen LogP contribution >= 0.6 is 0 Å². The maximum Gasteiger partial charge on any atom is 0.220 e. The lowest BCUT2D eigenvalue weighted by molar-refractivity contribution is 0.259. The number of aliphatic imine (C=N–C) groups is 1. The summed E-state index contributed by atoms with van der Waals surface area (Å²) in [5, 5.41) is 10.7. The van der Waals surface area contributed by atoms with Gasteiger partial charge in [-0.25, -0.2) is 8.42 Å². The summed E-state index contributed by atoms with van der Waals surface area (Å²) < 4.78 is 31.5. The number of guanidine groups is 1. The molecule has 0 radical (unpaired) electrons. The fourth-order valence-corrected chi connectivity index (χ4v) is 4.93. The standard InChI is InChI=1S/C21H32N6O3S/c1-17(2)20(24-18-7-5-4-6-8-18)15-23-21(22-3)26-10-12-27(13-11-26)31(28,29)16-19-9-14-30-25-19/h4-9,14,17,20,24H,10-13,15-16H2,1-3H3,(H,22,23). The second kappa shape index (κ2) is 10.6. The lowest BCUT2D eigenvalue weighted by atomic mass is 10.0. The molecule has 0 amide bonds. The van der Waals surface area contributed by atoms with Gasteiger partial charge in [0.1, 0.15) is 12.0 Å². The summed E-state index contributed by atoms with van der Waals surface area (Å²) in [6.45, 7) is 7.07. The zero-order chi connectivity index (χ0) is 22.3. The van der Waals surface area contributed by atoms with Crippen molar-refractivity contribution in [3.05, 3.63) is 48.4 Å². The first kappa shape index (κ1) is 23.1. The summed E-state index contributed by atoms with van der Waals surface area (Å²) in [6, 6.07) is 12.0. The van der Waals surface area contributed by atoms with Gasteiger partial charge in [-0.05, 0) is 18.1 Å². The SMILES string of the molecule is CN=C(NCC(Nc1ccccc1)C(C)C)N1CCN(S(=O)(=O)Cc2ccon2)CC1. The molecule has 9 nitrogen and oxygen atoms in total. The second-order valence-corrected chi connectivity index (χ2v) is 9.89. The van der Waals surface area contributed by atoms with Crippen molar-refractivity contribution in [1.82, 2.24) is 19.7 Å². The van der Waals surface area contributed by atoms with E-state index < -0.39 is 10.0 Å². The largest absolute Gasteiger partial charge is 0.380 e. The number of hydrogen-bond donors (Lipinski definition) is 2. The highest BCUT2D eigenvalue weighted by Gasteiger charge is 2.29. The van der Waals surface area contributed by atoms with E-state index in [1.807, 2.05) is 18.2 Å². The summed E-state index contributed by atoms with van der Waals surface area (Å²) in [7, 11) is -1.66. The van der Waals surface area contributed by atoms with E-state index in [9.17, 15) is 8.42 Å². The van der Waals surface area contributed by atoms with Crippen LogP contribution in [0.2, 0.25) is 0 Å². The van der Waals surface area contributed by atoms with Crippen molar-refractivity contribution in [2.45, 2.75) is 25.6 Å². The predicted molar refractivity (Wildman–Crippen MR) is 122 cm³/mol. The molecule has 3 rings (SSSR count). The highest BCUT2D eigenvalue weighted by atomic mass is 32.2. The first-order valence-corrected chi connectivity index (χ1v) is 12.1. The third kappa shape index (κ3) is 6.44. The van der Waals surface area contributed by atoms with E-state index in [4.69, 9.17) is 4.52 Å². The van der Waals surface area contributed by atoms with Gasteiger partial charge in [0.05, 0.1) is 5.69 Å². The van der Waals surface area contributed by atoms with E-state index in [0.29, 0.717) is 44.3 Å². The van der Waals surface area contributed by atoms with E-state index in [1.54, 1.807) is 13.1 Å². The van der Waals surface area contributed by atoms with E-state index >= 15 is 0 Å². The molecule has 0 aliphatic carbocycles. The molecule has 31 heavy (non-hydrogen) atoms. The van der Waals surface area contributed by atoms with Crippen LogP contribution in [0.15, 0.2) is 52.2 Å². The van der Waals surface area contributed by atoms with Crippen molar-refractivity contribution in [2.24, 2.45) is 10.9 Å². The molecule has 10 heteroatoms. The molecular formula is C21H32N6O3S. The molecular weight excluding hydrogens is 416 g/mol. The molecule has 1 fully saturated rings. The Morgan fingerprint density at radius 1 is 1.16 bits per heavy atom. The molecule has 0 bridgehead atoms. The summed E-state index contributed by atoms with van der Waals surface area (Å²) in [4.78, 5) is 6.51. The van der Waals surface area contributed by atoms with E-state index in [1.165, 1.54) is 10.6 Å². The van der Waals surface area contributed by atoms with Gasteiger partial charge in [-0.3, -0.25) is 4.99 Å². The van der Waals surface area contributed by atoms with Crippen LogP contribution in [-0.4, -0.2) is 74.6 Å². The van der Waals surface area contributed by atoms with Gasteiger partial charge in [0.25, 0.3) is 0 Å². The molecule has 1 unspecified atom stereocenters. The first-order chi connectivity index (χ1) is 14.9. The number of nitrogens with zero attached hydrogens (tertiary/aromatic N) is 4. The van der Waals surface area contributed by atoms with Crippen LogP contribution in [0.25, 0.3) is 0 Å². The number of nitrogens with one attached hydrogen (secondary N) is 2. The molecule has 1 aromatic heterocycles. The van der Waals surface area contributed by atoms with Gasteiger partial charge < -0.3 is 20.1 Å². The number of sulfonamides is 1. The first-order valence-electron chi connectivity index (χ1n) is 10.5. The smallest absolute Gasteiger partial charge is 0.220 e. The van der Waals surface area contributed by atoms with Crippen LogP contribution in [0.5, 0.6) is 0 Å². The highest BCUT2D eigenvalue weighted by molar-refractivity contribution is 7.88. The molecule has 1 aromatic carbocycles. The number of hydrogen-bond acceptors (Lipinski definition) is 6. The molecule has 1 aliphatic heterocycles. The van der Waals surface area contributed by atoms with Gasteiger partial charge in [0.2, 0.25) is 10.0 Å². The summed E-state index contributed by atoms with van der Waals surface area (Å²) in [5.41, 5.74) is 1.51. The number of aromatic nitrogens is 1. The highest BCUT2D eigenvalue weighted by Crippen LogP contribution is 2.14. The molecule has 1 aliphatic rings. The molecule has 0 saturated carbocycles. The van der Waals surface area contributed by atoms with E-state index in [0.717, 1.165) is 11.6 Å². The van der Waals surface area contributed by atoms with Crippen molar-refractivity contribution >= 4 is 21.7 Å². The van der Waals surface area contributed by atoms with Gasteiger partial charge in [-0.1, -0.05) is 37.2 Å². The average molecular weight is 449 g/mol. The number of benzene rings is 1. The van der Waals surface area contributed by atoms with Gasteiger partial charge >= 0.3 is 0 Å². The Labute approximate surface area is 184 Å². The molecule has 0 spiro atoms. The zero-order valence-corrected chi connectivity index (χ0v) is 19.2. The van der Waals surface area contributed by atoms with Crippen LogP contribution in [0.1, 0.15) is 19.5 Å². The van der Waals surface area contributed by atoms with Crippen LogP contribution in [0, 0.1) is 5.92 Å². The minimum absolute atomic E-state index is 0.141. The van der Waals surface area contributed by atoms with Gasteiger partial charge in [-0.15, -0.1) is 0 Å². The van der Waals surface area contributed by atoms with Crippen molar-refractivity contribution in [3.63, 3.8) is 0 Å². The Bertz CT molecular complexity index is 923. The summed E-state index contributed by atoms with van der Waals surface area (Å²) in [5.74, 6) is 1.07. The van der Waals surface area contributed by atoms with Crippen LogP contribution in [-0.2, 0) is 15.8 Å². The van der Waals surface area contributed by atoms with Gasteiger partial charge in [0.15, 0.2) is 5.96 Å².